The van der Waals surface area contributed by atoms with Gasteiger partial charge in [0.1, 0.15) is 0 Å². The molecule has 0 saturated heterocycles. The van der Waals surface area contributed by atoms with Crippen molar-refractivity contribution in [2.45, 2.75) is 25.8 Å². The van der Waals surface area contributed by atoms with Crippen molar-refractivity contribution in [3.05, 3.63) is 39.9 Å². The minimum atomic E-state index is -0.920. The third-order valence-corrected chi connectivity index (χ3v) is 2.51. The fourth-order valence-electron chi connectivity index (χ4n) is 1.45. The fraction of sp³-hybridized carbons (Fsp3) is 0.333. The summed E-state index contributed by atoms with van der Waals surface area (Å²) in [5.41, 5.74) is 0.211. The maximum absolute atomic E-state index is 11.8. The van der Waals surface area contributed by atoms with Crippen molar-refractivity contribution in [1.29, 1.82) is 0 Å². The van der Waals surface area contributed by atoms with Crippen molar-refractivity contribution in [2.24, 2.45) is 0 Å². The van der Waals surface area contributed by atoms with Gasteiger partial charge in [-0.3, -0.25) is 19.7 Å². The molecular weight excluding hydrogens is 252 g/mol. The molecule has 1 aromatic rings. The molecule has 102 valence electrons. The van der Waals surface area contributed by atoms with E-state index >= 15 is 0 Å². The molecule has 0 aliphatic carbocycles. The van der Waals surface area contributed by atoms with E-state index in [1.165, 1.54) is 24.3 Å². The Kier molecular flexibility index (Phi) is 4.99. The summed E-state index contributed by atoms with van der Waals surface area (Å²) < 4.78 is 0. The Morgan fingerprint density at radius 3 is 2.42 bits per heavy atom. The van der Waals surface area contributed by atoms with Crippen molar-refractivity contribution < 1.29 is 19.6 Å². The van der Waals surface area contributed by atoms with Crippen LogP contribution in [-0.2, 0) is 4.79 Å². The number of non-ortho nitro benzene ring substituents is 1. The van der Waals surface area contributed by atoms with Gasteiger partial charge in [-0.05, 0) is 25.5 Å². The van der Waals surface area contributed by atoms with E-state index in [0.29, 0.717) is 12.0 Å². The lowest BCUT2D eigenvalue weighted by atomic mass is 10.1. The number of nitrogens with one attached hydrogen (secondary N) is 1. The van der Waals surface area contributed by atoms with Gasteiger partial charge in [-0.2, -0.15) is 0 Å². The lowest BCUT2D eigenvalue weighted by Gasteiger charge is -2.12. The van der Waals surface area contributed by atoms with Gasteiger partial charge in [0.05, 0.1) is 4.92 Å². The fourth-order valence-corrected chi connectivity index (χ4v) is 1.45. The Bertz CT molecular complexity index is 483. The van der Waals surface area contributed by atoms with Crippen LogP contribution in [-0.4, -0.2) is 27.9 Å². The number of aliphatic carboxylic acids is 1. The second kappa shape index (κ2) is 6.48. The van der Waals surface area contributed by atoms with Gasteiger partial charge >= 0.3 is 5.97 Å². The summed E-state index contributed by atoms with van der Waals surface area (Å²) >= 11 is 0. The van der Waals surface area contributed by atoms with Crippen LogP contribution in [0.3, 0.4) is 0 Å². The third kappa shape index (κ3) is 4.74. The number of rotatable bonds is 6. The lowest BCUT2D eigenvalue weighted by Crippen LogP contribution is -2.32. The topological polar surface area (TPSA) is 110 Å². The Morgan fingerprint density at radius 2 is 1.95 bits per heavy atom. The number of nitrogens with zero attached hydrogens (tertiary/aromatic N) is 1. The highest BCUT2D eigenvalue weighted by Gasteiger charge is 2.12. The van der Waals surface area contributed by atoms with E-state index in [9.17, 15) is 19.7 Å². The van der Waals surface area contributed by atoms with Gasteiger partial charge in [0.2, 0.25) is 0 Å². The van der Waals surface area contributed by atoms with Crippen LogP contribution < -0.4 is 5.32 Å². The molecule has 0 fully saturated rings. The molecule has 1 aromatic carbocycles. The molecule has 0 spiro atoms. The molecule has 1 atom stereocenters. The van der Waals surface area contributed by atoms with Gasteiger partial charge in [-0.15, -0.1) is 0 Å². The number of nitro groups is 1. The molecule has 1 rings (SSSR count). The van der Waals surface area contributed by atoms with Crippen molar-refractivity contribution in [1.82, 2.24) is 5.32 Å². The predicted molar refractivity (Wildman–Crippen MR) is 66.9 cm³/mol. The van der Waals surface area contributed by atoms with Crippen molar-refractivity contribution in [2.75, 3.05) is 0 Å². The summed E-state index contributed by atoms with van der Waals surface area (Å²) in [7, 11) is 0. The average molecular weight is 266 g/mol. The average Bonchev–Trinajstić information content (AvgIpc) is 2.36. The number of carboxylic acids is 1. The summed E-state index contributed by atoms with van der Waals surface area (Å²) in [5.74, 6) is -1.30. The number of carbonyl (C=O) groups is 2. The number of nitro benzene ring substituents is 1. The van der Waals surface area contributed by atoms with Gasteiger partial charge < -0.3 is 10.4 Å². The molecule has 1 unspecified atom stereocenters. The smallest absolute Gasteiger partial charge is 0.303 e. The van der Waals surface area contributed by atoms with E-state index < -0.39 is 10.9 Å². The molecule has 0 radical (unpaired) electrons. The molecule has 19 heavy (non-hydrogen) atoms. The first kappa shape index (κ1) is 14.6. The second-order valence-electron chi connectivity index (χ2n) is 4.11. The van der Waals surface area contributed by atoms with Crippen LogP contribution in [0.2, 0.25) is 0 Å². The quantitative estimate of drug-likeness (QED) is 0.600. The molecular formula is C12H14N2O5. The summed E-state index contributed by atoms with van der Waals surface area (Å²) in [6.45, 7) is 1.70. The minimum Gasteiger partial charge on any atom is -0.481 e. The summed E-state index contributed by atoms with van der Waals surface area (Å²) in [5, 5.41) is 21.6. The summed E-state index contributed by atoms with van der Waals surface area (Å²) in [6.07, 6.45) is 0.301. The molecule has 0 aliphatic heterocycles. The van der Waals surface area contributed by atoms with Crippen LogP contribution in [0.15, 0.2) is 24.3 Å². The lowest BCUT2D eigenvalue weighted by molar-refractivity contribution is -0.384. The van der Waals surface area contributed by atoms with E-state index in [1.807, 2.05) is 0 Å². The molecule has 0 aromatic heterocycles. The molecule has 1 amide bonds. The van der Waals surface area contributed by atoms with Crippen molar-refractivity contribution in [3.63, 3.8) is 0 Å². The van der Waals surface area contributed by atoms with E-state index in [0.717, 1.165) is 0 Å². The first-order valence-corrected chi connectivity index (χ1v) is 5.67. The Morgan fingerprint density at radius 1 is 1.37 bits per heavy atom. The summed E-state index contributed by atoms with van der Waals surface area (Å²) in [6, 6.07) is 4.93. The predicted octanol–water partition coefficient (Wildman–Crippen LogP) is 1.58. The zero-order valence-electron chi connectivity index (χ0n) is 10.3. The van der Waals surface area contributed by atoms with Crippen molar-refractivity contribution >= 4 is 17.6 Å². The second-order valence-corrected chi connectivity index (χ2v) is 4.11. The zero-order valence-corrected chi connectivity index (χ0v) is 10.3. The summed E-state index contributed by atoms with van der Waals surface area (Å²) in [4.78, 5) is 32.1. The van der Waals surface area contributed by atoms with Gasteiger partial charge in [-0.25, -0.2) is 0 Å². The molecule has 2 N–H and O–H groups in total. The number of hydrogen-bond acceptors (Lipinski definition) is 4. The van der Waals surface area contributed by atoms with E-state index in [1.54, 1.807) is 6.92 Å². The number of carbonyl (C=O) groups excluding carboxylic acids is 1. The van der Waals surface area contributed by atoms with Gasteiger partial charge in [-0.1, -0.05) is 0 Å². The molecule has 0 saturated carbocycles. The van der Waals surface area contributed by atoms with Crippen LogP contribution in [0.5, 0.6) is 0 Å². The van der Waals surface area contributed by atoms with E-state index in [4.69, 9.17) is 5.11 Å². The number of benzene rings is 1. The highest BCUT2D eigenvalue weighted by Crippen LogP contribution is 2.12. The largest absolute Gasteiger partial charge is 0.481 e. The van der Waals surface area contributed by atoms with E-state index in [-0.39, 0.29) is 24.1 Å². The van der Waals surface area contributed by atoms with E-state index in [2.05, 4.69) is 5.32 Å². The molecule has 7 nitrogen and oxygen atoms in total. The van der Waals surface area contributed by atoms with Crippen LogP contribution in [0.1, 0.15) is 30.1 Å². The Labute approximate surface area is 109 Å². The normalized spacial score (nSPS) is 11.6. The highest BCUT2D eigenvalue weighted by molar-refractivity contribution is 5.94. The Hall–Kier alpha value is -2.44. The third-order valence-electron chi connectivity index (χ3n) is 2.51. The molecule has 0 bridgehead atoms. The van der Waals surface area contributed by atoms with Crippen LogP contribution in [0.25, 0.3) is 0 Å². The molecule has 0 heterocycles. The monoisotopic (exact) mass is 266 g/mol. The standard InChI is InChI=1S/C12H14N2O5/c1-8(2-7-11(15)16)13-12(17)9-3-5-10(6-4-9)14(18)19/h3-6,8H,2,7H2,1H3,(H,13,17)(H,15,16). The van der Waals surface area contributed by atoms with Crippen LogP contribution >= 0.6 is 0 Å². The molecule has 7 heteroatoms. The molecule has 0 aliphatic rings. The first-order valence-electron chi connectivity index (χ1n) is 5.67. The minimum absolute atomic E-state index is 0.0261. The van der Waals surface area contributed by atoms with Crippen molar-refractivity contribution in [3.8, 4) is 0 Å². The van der Waals surface area contributed by atoms with Gasteiger partial charge in [0.25, 0.3) is 11.6 Å². The maximum Gasteiger partial charge on any atom is 0.303 e. The maximum atomic E-state index is 11.8. The van der Waals surface area contributed by atoms with Gasteiger partial charge in [0.15, 0.2) is 0 Å². The van der Waals surface area contributed by atoms with Crippen LogP contribution in [0.4, 0.5) is 5.69 Å². The van der Waals surface area contributed by atoms with Gasteiger partial charge in [0, 0.05) is 30.2 Å². The van der Waals surface area contributed by atoms with Crippen LogP contribution in [0, 0.1) is 10.1 Å². The highest BCUT2D eigenvalue weighted by atomic mass is 16.6. The number of hydrogen-bond donors (Lipinski definition) is 2. The SMILES string of the molecule is CC(CCC(=O)O)NC(=O)c1ccc([N+](=O)[O-])cc1. The number of carboxylic acid groups (broad SMARTS) is 1. The first-order chi connectivity index (χ1) is 8.90. The number of amides is 1. The zero-order chi connectivity index (χ0) is 14.4. The Balaban J connectivity index is 2.58.